The lowest BCUT2D eigenvalue weighted by molar-refractivity contribution is -0.122. The number of carbonyl (C=O) groups is 1. The maximum Gasteiger partial charge on any atom is 0.237 e. The van der Waals surface area contributed by atoms with Gasteiger partial charge in [0.2, 0.25) is 5.91 Å². The van der Waals surface area contributed by atoms with E-state index in [1.54, 1.807) is 33.5 Å². The van der Waals surface area contributed by atoms with Crippen molar-refractivity contribution in [2.75, 3.05) is 21.3 Å². The summed E-state index contributed by atoms with van der Waals surface area (Å²) < 4.78 is 16.0. The largest absolute Gasteiger partial charge is 0.496 e. The molecule has 0 radical (unpaired) electrons. The van der Waals surface area contributed by atoms with Crippen molar-refractivity contribution in [2.24, 2.45) is 5.73 Å². The fourth-order valence-corrected chi connectivity index (χ4v) is 2.52. The number of hydrogen-bond donors (Lipinski definition) is 2. The molecular formula is C19H24N2O4. The number of benzene rings is 2. The summed E-state index contributed by atoms with van der Waals surface area (Å²) in [5.74, 6) is 1.54. The summed E-state index contributed by atoms with van der Waals surface area (Å²) in [5.41, 5.74) is 7.75. The van der Waals surface area contributed by atoms with Crippen LogP contribution in [-0.4, -0.2) is 33.3 Å². The average Bonchev–Trinajstić information content (AvgIpc) is 2.65. The van der Waals surface area contributed by atoms with E-state index in [4.69, 9.17) is 19.9 Å². The van der Waals surface area contributed by atoms with Crippen molar-refractivity contribution in [3.05, 3.63) is 53.6 Å². The molecule has 0 saturated carbocycles. The second kappa shape index (κ2) is 8.94. The van der Waals surface area contributed by atoms with E-state index >= 15 is 0 Å². The van der Waals surface area contributed by atoms with E-state index in [2.05, 4.69) is 5.32 Å². The van der Waals surface area contributed by atoms with Gasteiger partial charge < -0.3 is 25.3 Å². The Morgan fingerprint density at radius 1 is 1.04 bits per heavy atom. The highest BCUT2D eigenvalue weighted by Gasteiger charge is 2.17. The highest BCUT2D eigenvalue weighted by Crippen LogP contribution is 2.33. The van der Waals surface area contributed by atoms with Gasteiger partial charge in [0.15, 0.2) is 0 Å². The number of amides is 1. The molecule has 0 aliphatic heterocycles. The van der Waals surface area contributed by atoms with Gasteiger partial charge >= 0.3 is 0 Å². The molecule has 1 amide bonds. The molecule has 6 nitrogen and oxygen atoms in total. The van der Waals surface area contributed by atoms with Crippen molar-refractivity contribution < 1.29 is 19.0 Å². The molecule has 3 N–H and O–H groups in total. The van der Waals surface area contributed by atoms with Crippen LogP contribution in [0.4, 0.5) is 0 Å². The van der Waals surface area contributed by atoms with Crippen LogP contribution in [0.15, 0.2) is 42.5 Å². The lowest BCUT2D eigenvalue weighted by atomic mass is 10.1. The molecule has 0 heterocycles. The number of carbonyl (C=O) groups excluding carboxylic acids is 1. The molecule has 0 spiro atoms. The van der Waals surface area contributed by atoms with Crippen LogP contribution in [0.25, 0.3) is 0 Å². The Labute approximate surface area is 147 Å². The zero-order valence-corrected chi connectivity index (χ0v) is 14.7. The Hall–Kier alpha value is -2.73. The van der Waals surface area contributed by atoms with Crippen LogP contribution >= 0.6 is 0 Å². The molecule has 25 heavy (non-hydrogen) atoms. The molecule has 0 aromatic heterocycles. The van der Waals surface area contributed by atoms with Crippen LogP contribution in [0.3, 0.4) is 0 Å². The summed E-state index contributed by atoms with van der Waals surface area (Å²) in [5, 5.41) is 2.84. The molecule has 0 bridgehead atoms. The highest BCUT2D eigenvalue weighted by molar-refractivity contribution is 5.82. The zero-order chi connectivity index (χ0) is 18.2. The Bertz CT molecular complexity index is 679. The van der Waals surface area contributed by atoms with Crippen LogP contribution in [0.1, 0.15) is 11.1 Å². The quantitative estimate of drug-likeness (QED) is 0.764. The normalized spacial score (nSPS) is 11.5. The molecule has 0 unspecified atom stereocenters. The van der Waals surface area contributed by atoms with Crippen molar-refractivity contribution in [3.63, 3.8) is 0 Å². The van der Waals surface area contributed by atoms with Gasteiger partial charge in [-0.05, 0) is 12.0 Å². The number of methoxy groups -OCH3 is 3. The lowest BCUT2D eigenvalue weighted by Gasteiger charge is -2.17. The van der Waals surface area contributed by atoms with Gasteiger partial charge in [-0.25, -0.2) is 0 Å². The van der Waals surface area contributed by atoms with Gasteiger partial charge in [-0.3, -0.25) is 4.79 Å². The number of hydrogen-bond acceptors (Lipinski definition) is 5. The molecule has 0 fully saturated rings. The van der Waals surface area contributed by atoms with E-state index in [0.29, 0.717) is 23.7 Å². The molecule has 0 aliphatic rings. The van der Waals surface area contributed by atoms with E-state index in [1.807, 2.05) is 30.3 Å². The van der Waals surface area contributed by atoms with E-state index < -0.39 is 6.04 Å². The number of rotatable bonds is 8. The number of ether oxygens (including phenoxy) is 3. The van der Waals surface area contributed by atoms with E-state index in [0.717, 1.165) is 11.1 Å². The monoisotopic (exact) mass is 344 g/mol. The van der Waals surface area contributed by atoms with Gasteiger partial charge in [0, 0.05) is 12.1 Å². The maximum atomic E-state index is 12.3. The molecule has 2 aromatic rings. The van der Waals surface area contributed by atoms with Crippen LogP contribution in [0.2, 0.25) is 0 Å². The predicted molar refractivity (Wildman–Crippen MR) is 96.1 cm³/mol. The third-order valence-corrected chi connectivity index (χ3v) is 3.89. The second-order valence-corrected chi connectivity index (χ2v) is 5.52. The van der Waals surface area contributed by atoms with E-state index in [-0.39, 0.29) is 12.5 Å². The van der Waals surface area contributed by atoms with Gasteiger partial charge in [-0.15, -0.1) is 0 Å². The molecule has 1 atom stereocenters. The first-order chi connectivity index (χ1) is 12.1. The Kier molecular flexibility index (Phi) is 6.65. The van der Waals surface area contributed by atoms with Crippen molar-refractivity contribution in [1.82, 2.24) is 5.32 Å². The maximum absolute atomic E-state index is 12.3. The van der Waals surface area contributed by atoms with Gasteiger partial charge in [0.25, 0.3) is 0 Å². The predicted octanol–water partition coefficient (Wildman–Crippen LogP) is 1.90. The topological polar surface area (TPSA) is 82.8 Å². The molecule has 0 saturated heterocycles. The fourth-order valence-electron chi connectivity index (χ4n) is 2.52. The number of nitrogens with one attached hydrogen (secondary N) is 1. The molecule has 2 aromatic carbocycles. The van der Waals surface area contributed by atoms with Crippen molar-refractivity contribution in [1.29, 1.82) is 0 Å². The summed E-state index contributed by atoms with van der Waals surface area (Å²) in [6, 6.07) is 12.5. The summed E-state index contributed by atoms with van der Waals surface area (Å²) in [6.45, 7) is 0.248. The zero-order valence-electron chi connectivity index (χ0n) is 14.7. The second-order valence-electron chi connectivity index (χ2n) is 5.52. The Balaban J connectivity index is 2.05. The van der Waals surface area contributed by atoms with Crippen LogP contribution in [-0.2, 0) is 17.8 Å². The van der Waals surface area contributed by atoms with Crippen molar-refractivity contribution in [3.8, 4) is 17.2 Å². The van der Waals surface area contributed by atoms with Gasteiger partial charge in [0.05, 0.1) is 39.5 Å². The fraction of sp³-hybridized carbons (Fsp3) is 0.316. The SMILES string of the molecule is COc1cc(OC)c(CNC(=O)[C@@H](N)Cc2ccccc2)c(OC)c1. The van der Waals surface area contributed by atoms with Crippen LogP contribution in [0, 0.1) is 0 Å². The third kappa shape index (κ3) is 4.87. The van der Waals surface area contributed by atoms with Crippen LogP contribution < -0.4 is 25.3 Å². The molecular weight excluding hydrogens is 320 g/mol. The summed E-state index contributed by atoms with van der Waals surface area (Å²) in [6.07, 6.45) is 0.476. The molecule has 2 rings (SSSR count). The highest BCUT2D eigenvalue weighted by atomic mass is 16.5. The first-order valence-corrected chi connectivity index (χ1v) is 7.95. The minimum atomic E-state index is -0.627. The van der Waals surface area contributed by atoms with E-state index in [9.17, 15) is 4.79 Å². The Morgan fingerprint density at radius 3 is 2.16 bits per heavy atom. The van der Waals surface area contributed by atoms with Crippen molar-refractivity contribution in [2.45, 2.75) is 19.0 Å². The minimum absolute atomic E-state index is 0.233. The van der Waals surface area contributed by atoms with Crippen molar-refractivity contribution >= 4 is 5.91 Å². The Morgan fingerprint density at radius 2 is 1.64 bits per heavy atom. The lowest BCUT2D eigenvalue weighted by Crippen LogP contribution is -2.41. The first kappa shape index (κ1) is 18.6. The van der Waals surface area contributed by atoms with Gasteiger partial charge in [-0.2, -0.15) is 0 Å². The smallest absolute Gasteiger partial charge is 0.237 e. The summed E-state index contributed by atoms with van der Waals surface area (Å²) in [7, 11) is 4.68. The molecule has 134 valence electrons. The number of nitrogens with two attached hydrogens (primary N) is 1. The summed E-state index contributed by atoms with van der Waals surface area (Å²) >= 11 is 0. The third-order valence-electron chi connectivity index (χ3n) is 3.89. The average molecular weight is 344 g/mol. The summed E-state index contributed by atoms with van der Waals surface area (Å²) in [4.78, 5) is 12.3. The minimum Gasteiger partial charge on any atom is -0.496 e. The standard InChI is InChI=1S/C19H24N2O4/c1-23-14-10-17(24-2)15(18(11-14)25-3)12-21-19(22)16(20)9-13-7-5-4-6-8-13/h4-8,10-11,16H,9,12,20H2,1-3H3,(H,21,22)/t16-/m0/s1. The van der Waals surface area contributed by atoms with Gasteiger partial charge in [-0.1, -0.05) is 30.3 Å². The van der Waals surface area contributed by atoms with Gasteiger partial charge in [0.1, 0.15) is 17.2 Å². The molecule has 0 aliphatic carbocycles. The van der Waals surface area contributed by atoms with Crippen LogP contribution in [0.5, 0.6) is 17.2 Å². The van der Waals surface area contributed by atoms with E-state index in [1.165, 1.54) is 0 Å². The first-order valence-electron chi connectivity index (χ1n) is 7.95. The molecule has 6 heteroatoms.